The molecule has 0 unspecified atom stereocenters. The Morgan fingerprint density at radius 1 is 1.04 bits per heavy atom. The maximum Gasteiger partial charge on any atom is 0.192 e. The number of aromatic nitrogens is 3. The lowest BCUT2D eigenvalue weighted by Gasteiger charge is -2.28. The summed E-state index contributed by atoms with van der Waals surface area (Å²) in [5.41, 5.74) is 6.61. The maximum atomic E-state index is 14.3. The molecule has 1 aromatic heterocycles. The van der Waals surface area contributed by atoms with Gasteiger partial charge < -0.3 is 15.0 Å². The van der Waals surface area contributed by atoms with E-state index in [1.807, 2.05) is 30.5 Å². The summed E-state index contributed by atoms with van der Waals surface area (Å²) in [7, 11) is 0. The van der Waals surface area contributed by atoms with Crippen LogP contribution in [0.3, 0.4) is 0 Å². The molecule has 0 radical (unpaired) electrons. The molecule has 28 heavy (non-hydrogen) atoms. The van der Waals surface area contributed by atoms with E-state index in [1.165, 1.54) is 12.1 Å². The molecule has 2 N–H and O–H groups in total. The number of ether oxygens (including phenoxy) is 1. The van der Waals surface area contributed by atoms with Crippen LogP contribution < -0.4 is 10.5 Å². The maximum absolute atomic E-state index is 14.3. The Bertz CT molecular complexity index is 971. The van der Waals surface area contributed by atoms with Gasteiger partial charge in [-0.3, -0.25) is 0 Å². The van der Waals surface area contributed by atoms with Crippen LogP contribution in [0.1, 0.15) is 45.1 Å². The molecule has 148 valence electrons. The summed E-state index contributed by atoms with van der Waals surface area (Å²) in [6.07, 6.45) is 0. The highest BCUT2D eigenvalue weighted by Gasteiger charge is 2.34. The highest BCUT2D eigenvalue weighted by Crippen LogP contribution is 2.34. The number of nitrogens with zero attached hydrogens (tertiary/aromatic N) is 3. The lowest BCUT2D eigenvalue weighted by Crippen LogP contribution is -2.31. The SMILES string of the molecule is Cc1cc(F)c(OC(C)(C)c2nnc(-c3ccc(N)cc3)n2C(C)C)c(F)c1. The second-order valence-corrected chi connectivity index (χ2v) is 7.60. The summed E-state index contributed by atoms with van der Waals surface area (Å²) >= 11 is 0. The molecule has 7 heteroatoms. The van der Waals surface area contributed by atoms with E-state index in [1.54, 1.807) is 32.9 Å². The molecule has 0 aliphatic carbocycles. The van der Waals surface area contributed by atoms with Crippen molar-refractivity contribution in [2.24, 2.45) is 0 Å². The summed E-state index contributed by atoms with van der Waals surface area (Å²) in [5, 5.41) is 8.60. The highest BCUT2D eigenvalue weighted by atomic mass is 19.1. The number of hydrogen-bond acceptors (Lipinski definition) is 4. The normalized spacial score (nSPS) is 11.9. The highest BCUT2D eigenvalue weighted by molar-refractivity contribution is 5.59. The molecule has 1 heterocycles. The minimum Gasteiger partial charge on any atom is -0.474 e. The van der Waals surface area contributed by atoms with E-state index in [9.17, 15) is 8.78 Å². The first-order valence-corrected chi connectivity index (χ1v) is 9.06. The van der Waals surface area contributed by atoms with Crippen molar-refractivity contribution < 1.29 is 13.5 Å². The summed E-state index contributed by atoms with van der Waals surface area (Å²) in [5.74, 6) is -0.831. The predicted octanol–water partition coefficient (Wildman–Crippen LogP) is 5.01. The van der Waals surface area contributed by atoms with E-state index < -0.39 is 23.0 Å². The third kappa shape index (κ3) is 3.69. The lowest BCUT2D eigenvalue weighted by atomic mass is 10.1. The lowest BCUT2D eigenvalue weighted by molar-refractivity contribution is 0.0814. The first-order valence-electron chi connectivity index (χ1n) is 9.06. The molecule has 0 atom stereocenters. The molecule has 3 aromatic rings. The van der Waals surface area contributed by atoms with Crippen LogP contribution in [0, 0.1) is 18.6 Å². The van der Waals surface area contributed by atoms with Crippen LogP contribution in [0.2, 0.25) is 0 Å². The van der Waals surface area contributed by atoms with Crippen LogP contribution in [-0.4, -0.2) is 14.8 Å². The summed E-state index contributed by atoms with van der Waals surface area (Å²) in [6.45, 7) is 9.01. The van der Waals surface area contributed by atoms with Gasteiger partial charge in [-0.2, -0.15) is 0 Å². The summed E-state index contributed by atoms with van der Waals surface area (Å²) in [6, 6.07) is 9.75. The molecule has 0 aliphatic heterocycles. The zero-order valence-corrected chi connectivity index (χ0v) is 16.6. The van der Waals surface area contributed by atoms with Crippen LogP contribution >= 0.6 is 0 Å². The molecular formula is C21H24F2N4O. The van der Waals surface area contributed by atoms with E-state index in [0.717, 1.165) is 5.56 Å². The van der Waals surface area contributed by atoms with Gasteiger partial charge in [0.2, 0.25) is 0 Å². The Morgan fingerprint density at radius 2 is 1.61 bits per heavy atom. The monoisotopic (exact) mass is 386 g/mol. The Balaban J connectivity index is 2.06. The van der Waals surface area contributed by atoms with E-state index in [4.69, 9.17) is 10.5 Å². The summed E-state index contributed by atoms with van der Waals surface area (Å²) < 4.78 is 36.3. The van der Waals surface area contributed by atoms with Gasteiger partial charge >= 0.3 is 0 Å². The Labute approximate surface area is 163 Å². The van der Waals surface area contributed by atoms with Gasteiger partial charge in [-0.25, -0.2) is 8.78 Å². The predicted molar refractivity (Wildman–Crippen MR) is 105 cm³/mol. The fourth-order valence-electron chi connectivity index (χ4n) is 3.10. The van der Waals surface area contributed by atoms with Crippen LogP contribution in [0.5, 0.6) is 5.75 Å². The first-order chi connectivity index (χ1) is 13.1. The van der Waals surface area contributed by atoms with Gasteiger partial charge in [0.15, 0.2) is 34.6 Å². The number of aryl methyl sites for hydroxylation is 1. The largest absolute Gasteiger partial charge is 0.474 e. The molecule has 2 aromatic carbocycles. The fourth-order valence-corrected chi connectivity index (χ4v) is 3.10. The fraction of sp³-hybridized carbons (Fsp3) is 0.333. The third-order valence-corrected chi connectivity index (χ3v) is 4.42. The number of benzene rings is 2. The second-order valence-electron chi connectivity index (χ2n) is 7.60. The molecule has 0 saturated heterocycles. The first kappa shape index (κ1) is 19.8. The van der Waals surface area contributed by atoms with Crippen LogP contribution in [0.4, 0.5) is 14.5 Å². The topological polar surface area (TPSA) is 66.0 Å². The van der Waals surface area contributed by atoms with E-state index >= 15 is 0 Å². The minimum absolute atomic E-state index is 0.00635. The van der Waals surface area contributed by atoms with Crippen molar-refractivity contribution in [2.75, 3.05) is 5.73 Å². The van der Waals surface area contributed by atoms with Crippen molar-refractivity contribution in [3.63, 3.8) is 0 Å². The van der Waals surface area contributed by atoms with Crippen molar-refractivity contribution >= 4 is 5.69 Å². The number of nitrogens with two attached hydrogens (primary N) is 1. The number of rotatable bonds is 5. The Kier molecular flexibility index (Phi) is 5.10. The van der Waals surface area contributed by atoms with E-state index in [0.29, 0.717) is 22.9 Å². The Morgan fingerprint density at radius 3 is 2.14 bits per heavy atom. The van der Waals surface area contributed by atoms with E-state index in [-0.39, 0.29) is 6.04 Å². The Hall–Kier alpha value is -2.96. The smallest absolute Gasteiger partial charge is 0.192 e. The average Bonchev–Trinajstić information content (AvgIpc) is 3.05. The van der Waals surface area contributed by atoms with Crippen LogP contribution in [-0.2, 0) is 5.60 Å². The number of halogens is 2. The summed E-state index contributed by atoms with van der Waals surface area (Å²) in [4.78, 5) is 0. The zero-order valence-electron chi connectivity index (χ0n) is 16.6. The van der Waals surface area contributed by atoms with Gasteiger partial charge in [0.05, 0.1) is 0 Å². The van der Waals surface area contributed by atoms with Gasteiger partial charge in [0.1, 0.15) is 0 Å². The number of anilines is 1. The standard InChI is InChI=1S/C21H24F2N4O/c1-12(2)27-19(14-6-8-15(24)9-7-14)25-26-20(27)21(4,5)28-18-16(22)10-13(3)11-17(18)23/h6-12H,24H2,1-5H3. The molecule has 0 fully saturated rings. The zero-order chi connectivity index (χ0) is 20.6. The molecule has 0 saturated carbocycles. The van der Waals surface area contributed by atoms with Gasteiger partial charge in [-0.1, -0.05) is 0 Å². The molecule has 0 amide bonds. The molecule has 0 aliphatic rings. The van der Waals surface area contributed by atoms with E-state index in [2.05, 4.69) is 10.2 Å². The van der Waals surface area contributed by atoms with Crippen molar-refractivity contribution in [3.05, 3.63) is 59.4 Å². The third-order valence-electron chi connectivity index (χ3n) is 4.42. The van der Waals surface area contributed by atoms with Gasteiger partial charge in [0.25, 0.3) is 0 Å². The molecule has 0 bridgehead atoms. The number of hydrogen-bond donors (Lipinski definition) is 1. The van der Waals surface area contributed by atoms with Gasteiger partial charge in [-0.05, 0) is 76.6 Å². The molecule has 3 rings (SSSR count). The van der Waals surface area contributed by atoms with Gasteiger partial charge in [-0.15, -0.1) is 10.2 Å². The van der Waals surface area contributed by atoms with Crippen molar-refractivity contribution in [1.29, 1.82) is 0 Å². The van der Waals surface area contributed by atoms with Crippen LogP contribution in [0.25, 0.3) is 11.4 Å². The van der Waals surface area contributed by atoms with Crippen molar-refractivity contribution in [3.8, 4) is 17.1 Å². The molecule has 5 nitrogen and oxygen atoms in total. The quantitative estimate of drug-likeness (QED) is 0.626. The minimum atomic E-state index is -1.12. The molecular weight excluding hydrogens is 362 g/mol. The molecule has 0 spiro atoms. The second kappa shape index (κ2) is 7.22. The van der Waals surface area contributed by atoms with Crippen molar-refractivity contribution in [1.82, 2.24) is 14.8 Å². The van der Waals surface area contributed by atoms with Crippen LogP contribution in [0.15, 0.2) is 36.4 Å². The van der Waals surface area contributed by atoms with Gasteiger partial charge in [0, 0.05) is 17.3 Å². The van der Waals surface area contributed by atoms with Crippen molar-refractivity contribution in [2.45, 2.75) is 46.3 Å². The number of nitrogen functional groups attached to an aromatic ring is 1. The average molecular weight is 386 g/mol.